The number of hydrogen-bond donors (Lipinski definition) is 0. The van der Waals surface area contributed by atoms with E-state index in [1.165, 1.54) is 0 Å². The monoisotopic (exact) mass is 222 g/mol. The molecule has 0 spiro atoms. The molecule has 16 heavy (non-hydrogen) atoms. The summed E-state index contributed by atoms with van der Waals surface area (Å²) < 4.78 is 0. The van der Waals surface area contributed by atoms with E-state index in [0.717, 1.165) is 12.6 Å². The highest BCUT2D eigenvalue weighted by atomic mass is 16.6. The minimum Gasteiger partial charge on any atom is -0.309 e. The Balaban J connectivity index is 0. The van der Waals surface area contributed by atoms with E-state index in [1.807, 2.05) is 51.1 Å². The first-order valence-corrected chi connectivity index (χ1v) is 5.07. The predicted molar refractivity (Wildman–Crippen MR) is 65.7 cm³/mol. The number of benzene rings is 1. The fourth-order valence-corrected chi connectivity index (χ4v) is 0.806. The van der Waals surface area contributed by atoms with Gasteiger partial charge in [0.05, 0.1) is 0 Å². The summed E-state index contributed by atoms with van der Waals surface area (Å²) in [6.07, 6.45) is 0. The van der Waals surface area contributed by atoms with Crippen molar-refractivity contribution in [3.8, 4) is 0 Å². The third-order valence-corrected chi connectivity index (χ3v) is 1.48. The highest BCUT2D eigenvalue weighted by Gasteiger charge is 2.04. The Morgan fingerprint density at radius 3 is 2.00 bits per heavy atom. The maximum atomic E-state index is 8.81. The normalized spacial score (nSPS) is 9.44. The average molecular weight is 222 g/mol. The maximum Gasteiger partial charge on any atom is 0.245 e. The van der Waals surface area contributed by atoms with E-state index in [0.29, 0.717) is 0 Å². The molecule has 88 valence electrons. The van der Waals surface area contributed by atoms with E-state index in [4.69, 9.17) is 16.7 Å². The van der Waals surface area contributed by atoms with Crippen molar-refractivity contribution in [1.29, 1.82) is 0 Å². The van der Waals surface area contributed by atoms with E-state index >= 15 is 0 Å². The molecule has 0 aliphatic heterocycles. The molecule has 1 atom stereocenters. The first-order chi connectivity index (χ1) is 7.57. The van der Waals surface area contributed by atoms with Crippen LogP contribution in [0.2, 0.25) is 0 Å². The fourth-order valence-electron chi connectivity index (χ4n) is 0.806. The van der Waals surface area contributed by atoms with Crippen LogP contribution in [0, 0.1) is 16.7 Å². The number of hydrogen-bond acceptors (Lipinski definition) is 2. The second-order valence-electron chi connectivity index (χ2n) is 2.66. The summed E-state index contributed by atoms with van der Waals surface area (Å²) >= 11 is 0. The van der Waals surface area contributed by atoms with Gasteiger partial charge in [-0.05, 0) is 0 Å². The van der Waals surface area contributed by atoms with Gasteiger partial charge >= 0.3 is 0 Å². The number of nitro groups is 1. The van der Waals surface area contributed by atoms with Crippen LogP contribution in [0.3, 0.4) is 0 Å². The Labute approximate surface area is 96.9 Å². The first-order valence-electron chi connectivity index (χ1n) is 5.07. The second-order valence-corrected chi connectivity index (χ2v) is 2.66. The molecule has 0 heterocycles. The highest BCUT2D eigenvalue weighted by Crippen LogP contribution is 2.14. The molecule has 0 aromatic heterocycles. The van der Waals surface area contributed by atoms with Crippen LogP contribution in [0.15, 0.2) is 30.3 Å². The van der Waals surface area contributed by atoms with Gasteiger partial charge in [-0.15, -0.1) is 0 Å². The smallest absolute Gasteiger partial charge is 0.245 e. The van der Waals surface area contributed by atoms with Crippen molar-refractivity contribution in [3.63, 3.8) is 0 Å². The summed E-state index contributed by atoms with van der Waals surface area (Å²) in [6, 6.07) is 9.82. The zero-order chi connectivity index (χ0) is 13.0. The molecule has 1 aromatic carbocycles. The van der Waals surface area contributed by atoms with Crippen LogP contribution >= 0.6 is 0 Å². The third-order valence-electron chi connectivity index (χ3n) is 1.48. The van der Waals surface area contributed by atoms with Gasteiger partial charge in [0.2, 0.25) is 6.04 Å². The van der Waals surface area contributed by atoms with Gasteiger partial charge in [0.25, 0.3) is 0 Å². The van der Waals surface area contributed by atoms with Gasteiger partial charge in [-0.3, -0.25) is 10.1 Å². The Bertz CT molecular complexity index is 314. The van der Waals surface area contributed by atoms with Crippen molar-refractivity contribution < 1.29 is 4.92 Å². The van der Waals surface area contributed by atoms with Crippen molar-refractivity contribution in [2.24, 2.45) is 0 Å². The highest BCUT2D eigenvalue weighted by molar-refractivity contribution is 5.20. The lowest BCUT2D eigenvalue weighted by Gasteiger charge is -1.95. The molecule has 4 heteroatoms. The average Bonchev–Trinajstić information content (AvgIpc) is 2.31. The second kappa shape index (κ2) is 11.2. The lowest BCUT2D eigenvalue weighted by molar-refractivity contribution is -0.445. The van der Waals surface area contributed by atoms with E-state index in [1.54, 1.807) is 0 Å². The van der Waals surface area contributed by atoms with Crippen LogP contribution in [0.4, 0.5) is 0 Å². The third kappa shape index (κ3) is 10.2. The Morgan fingerprint density at radius 1 is 1.31 bits per heavy atom. The van der Waals surface area contributed by atoms with E-state index < -0.39 is 4.92 Å². The summed E-state index contributed by atoms with van der Waals surface area (Å²) in [6.45, 7) is 12.7. The van der Waals surface area contributed by atoms with Crippen LogP contribution in [-0.4, -0.2) is 12.0 Å². The molecule has 0 aliphatic rings. The zero-order valence-corrected chi connectivity index (χ0v) is 10.2. The van der Waals surface area contributed by atoms with Gasteiger partial charge in [-0.2, -0.15) is 0 Å². The van der Waals surface area contributed by atoms with E-state index in [9.17, 15) is 0 Å². The van der Waals surface area contributed by atoms with E-state index in [2.05, 4.69) is 4.85 Å². The molecular weight excluding hydrogens is 204 g/mol. The SMILES string of the molecule is CC.C[N+](=O)[O-].[C-]#[N+]C(C)c1ccccc1. The van der Waals surface area contributed by atoms with Gasteiger partial charge in [0.1, 0.15) is 0 Å². The molecule has 1 aromatic rings. The summed E-state index contributed by atoms with van der Waals surface area (Å²) in [5, 5.41) is 8.81. The molecule has 0 aliphatic carbocycles. The molecule has 1 unspecified atom stereocenters. The van der Waals surface area contributed by atoms with Crippen molar-refractivity contribution in [1.82, 2.24) is 0 Å². The van der Waals surface area contributed by atoms with Crippen LogP contribution < -0.4 is 0 Å². The molecule has 0 radical (unpaired) electrons. The molecule has 1 rings (SSSR count). The Hall–Kier alpha value is -1.89. The zero-order valence-electron chi connectivity index (χ0n) is 10.2. The van der Waals surface area contributed by atoms with Crippen molar-refractivity contribution in [2.75, 3.05) is 7.05 Å². The fraction of sp³-hybridized carbons (Fsp3) is 0.417. The Kier molecular flexibility index (Phi) is 11.6. The van der Waals surface area contributed by atoms with Crippen molar-refractivity contribution in [2.45, 2.75) is 26.8 Å². The number of nitrogens with zero attached hydrogens (tertiary/aromatic N) is 2. The predicted octanol–water partition coefficient (Wildman–Crippen LogP) is 3.59. The first kappa shape index (κ1) is 16.5. The lowest BCUT2D eigenvalue weighted by atomic mass is 10.1. The molecule has 0 amide bonds. The minimum absolute atomic E-state index is 0.00111. The quantitative estimate of drug-likeness (QED) is 0.414. The molecule has 0 fully saturated rings. The molecule has 0 N–H and O–H groups in total. The molecule has 0 saturated heterocycles. The van der Waals surface area contributed by atoms with Crippen LogP contribution in [0.5, 0.6) is 0 Å². The lowest BCUT2D eigenvalue weighted by Crippen LogP contribution is -1.83. The largest absolute Gasteiger partial charge is 0.309 e. The van der Waals surface area contributed by atoms with Crippen LogP contribution in [0.1, 0.15) is 32.4 Å². The van der Waals surface area contributed by atoms with Gasteiger partial charge in [0, 0.05) is 17.4 Å². The molecule has 4 nitrogen and oxygen atoms in total. The summed E-state index contributed by atoms with van der Waals surface area (Å²) in [5.41, 5.74) is 1.09. The number of rotatable bonds is 1. The van der Waals surface area contributed by atoms with Crippen molar-refractivity contribution in [3.05, 3.63) is 57.4 Å². The molecule has 0 bridgehead atoms. The summed E-state index contributed by atoms with van der Waals surface area (Å²) in [5.74, 6) is 0. The van der Waals surface area contributed by atoms with E-state index in [-0.39, 0.29) is 6.04 Å². The van der Waals surface area contributed by atoms with Gasteiger partial charge in [-0.1, -0.05) is 44.2 Å². The van der Waals surface area contributed by atoms with Crippen molar-refractivity contribution >= 4 is 0 Å². The van der Waals surface area contributed by atoms with Crippen LogP contribution in [0.25, 0.3) is 4.85 Å². The summed E-state index contributed by atoms with van der Waals surface area (Å²) in [4.78, 5) is 11.7. The molecular formula is C12H18N2O2. The molecule has 0 saturated carbocycles. The van der Waals surface area contributed by atoms with Gasteiger partial charge in [-0.25, -0.2) is 6.57 Å². The minimum atomic E-state index is -0.500. The van der Waals surface area contributed by atoms with Gasteiger partial charge in [0.15, 0.2) is 7.05 Å². The summed E-state index contributed by atoms with van der Waals surface area (Å²) in [7, 11) is 0.889. The maximum absolute atomic E-state index is 8.81. The standard InChI is InChI=1S/C9H9N.C2H6.CH3NO2/c1-8(10-2)9-6-4-3-5-7-9;1-2;1-2(3)4/h3-8H,1H3;1-2H3;1H3. The van der Waals surface area contributed by atoms with Crippen LogP contribution in [-0.2, 0) is 0 Å². The Morgan fingerprint density at radius 2 is 1.69 bits per heavy atom. The topological polar surface area (TPSA) is 47.5 Å². The van der Waals surface area contributed by atoms with Gasteiger partial charge < -0.3 is 4.85 Å².